The van der Waals surface area contributed by atoms with Crippen molar-refractivity contribution in [2.45, 2.75) is 39.0 Å². The molecule has 0 radical (unpaired) electrons. The Morgan fingerprint density at radius 2 is 2.33 bits per heavy atom. The van der Waals surface area contributed by atoms with E-state index >= 15 is 0 Å². The summed E-state index contributed by atoms with van der Waals surface area (Å²) in [5.41, 5.74) is 0. The second kappa shape index (κ2) is 5.40. The summed E-state index contributed by atoms with van der Waals surface area (Å²) >= 11 is 0. The van der Waals surface area contributed by atoms with Crippen LogP contribution in [0.25, 0.3) is 0 Å². The lowest BCUT2D eigenvalue weighted by molar-refractivity contribution is -0.122. The van der Waals surface area contributed by atoms with Crippen molar-refractivity contribution in [3.8, 4) is 0 Å². The molecule has 2 N–H and O–H groups in total. The Morgan fingerprint density at radius 1 is 1.60 bits per heavy atom. The van der Waals surface area contributed by atoms with Gasteiger partial charge in [-0.2, -0.15) is 0 Å². The third kappa shape index (κ3) is 4.50. The highest BCUT2D eigenvalue weighted by molar-refractivity contribution is 5.75. The van der Waals surface area contributed by atoms with Gasteiger partial charge < -0.3 is 10.4 Å². The number of aliphatic hydroxyl groups excluding tert-OH is 1. The van der Waals surface area contributed by atoms with Gasteiger partial charge in [0.1, 0.15) is 12.9 Å². The second-order valence-electron chi connectivity index (χ2n) is 3.56. The fourth-order valence-electron chi connectivity index (χ4n) is 1.29. The van der Waals surface area contributed by atoms with Crippen LogP contribution in [0.15, 0.2) is 6.33 Å². The molecule has 0 aromatic carbocycles. The molecule has 84 valence electrons. The van der Waals surface area contributed by atoms with Gasteiger partial charge in [0.05, 0.1) is 6.10 Å². The Balaban J connectivity index is 2.30. The molecule has 0 saturated carbocycles. The minimum atomic E-state index is -0.423. The molecule has 2 atom stereocenters. The van der Waals surface area contributed by atoms with E-state index in [0.717, 1.165) is 0 Å². The number of amides is 1. The van der Waals surface area contributed by atoms with E-state index in [0.29, 0.717) is 6.42 Å². The second-order valence-corrected chi connectivity index (χ2v) is 3.56. The summed E-state index contributed by atoms with van der Waals surface area (Å²) in [7, 11) is 0. The van der Waals surface area contributed by atoms with Crippen molar-refractivity contribution in [1.29, 1.82) is 0 Å². The summed E-state index contributed by atoms with van der Waals surface area (Å²) in [5, 5.41) is 22.2. The quantitative estimate of drug-likeness (QED) is 0.651. The summed E-state index contributed by atoms with van der Waals surface area (Å²) in [4.78, 5) is 11.4. The molecule has 0 aliphatic heterocycles. The lowest BCUT2D eigenvalue weighted by Gasteiger charge is -2.14. The molecule has 7 nitrogen and oxygen atoms in total. The number of tetrazole rings is 1. The number of aromatic nitrogens is 4. The SMILES string of the molecule is CC(O)CC(C)NC(=O)Cn1cnnn1. The summed E-state index contributed by atoms with van der Waals surface area (Å²) < 4.78 is 1.34. The van der Waals surface area contributed by atoms with Crippen molar-refractivity contribution in [2.24, 2.45) is 0 Å². The molecular formula is C8H15N5O2. The fourth-order valence-corrected chi connectivity index (χ4v) is 1.29. The highest BCUT2D eigenvalue weighted by atomic mass is 16.3. The van der Waals surface area contributed by atoms with Gasteiger partial charge in [-0.25, -0.2) is 4.68 Å². The standard InChI is InChI=1S/C8H15N5O2/c1-6(3-7(2)14)10-8(15)4-13-5-9-11-12-13/h5-7,14H,3-4H2,1-2H3,(H,10,15). The van der Waals surface area contributed by atoms with Crippen LogP contribution in [-0.2, 0) is 11.3 Å². The van der Waals surface area contributed by atoms with E-state index in [1.807, 2.05) is 6.92 Å². The molecule has 0 saturated heterocycles. The maximum atomic E-state index is 11.4. The third-order valence-electron chi connectivity index (χ3n) is 1.80. The van der Waals surface area contributed by atoms with E-state index in [9.17, 15) is 4.79 Å². The fraction of sp³-hybridized carbons (Fsp3) is 0.750. The molecule has 2 unspecified atom stereocenters. The first-order chi connectivity index (χ1) is 7.08. The molecule has 7 heteroatoms. The highest BCUT2D eigenvalue weighted by Gasteiger charge is 2.10. The average Bonchev–Trinajstić information content (AvgIpc) is 2.53. The molecule has 0 fully saturated rings. The highest BCUT2D eigenvalue weighted by Crippen LogP contribution is 1.96. The van der Waals surface area contributed by atoms with Gasteiger partial charge in [-0.3, -0.25) is 4.79 Å². The van der Waals surface area contributed by atoms with E-state index in [4.69, 9.17) is 5.11 Å². The van der Waals surface area contributed by atoms with Crippen LogP contribution in [0.2, 0.25) is 0 Å². The van der Waals surface area contributed by atoms with Crippen LogP contribution in [0.1, 0.15) is 20.3 Å². The minimum absolute atomic E-state index is 0.0611. The van der Waals surface area contributed by atoms with Crippen LogP contribution in [0.4, 0.5) is 0 Å². The zero-order chi connectivity index (χ0) is 11.3. The van der Waals surface area contributed by atoms with E-state index in [2.05, 4.69) is 20.8 Å². The summed E-state index contributed by atoms with van der Waals surface area (Å²) in [6.07, 6.45) is 1.48. The number of nitrogens with one attached hydrogen (secondary N) is 1. The Hall–Kier alpha value is -1.50. The maximum Gasteiger partial charge on any atom is 0.242 e. The van der Waals surface area contributed by atoms with Crippen LogP contribution in [-0.4, -0.2) is 43.4 Å². The van der Waals surface area contributed by atoms with Crippen LogP contribution in [0, 0.1) is 0 Å². The summed E-state index contributed by atoms with van der Waals surface area (Å²) in [6, 6.07) is -0.0611. The van der Waals surface area contributed by atoms with Crippen LogP contribution in [0.5, 0.6) is 0 Å². The largest absolute Gasteiger partial charge is 0.393 e. The molecule has 1 heterocycles. The number of aliphatic hydroxyl groups is 1. The average molecular weight is 213 g/mol. The van der Waals surface area contributed by atoms with Crippen molar-refractivity contribution >= 4 is 5.91 Å². The van der Waals surface area contributed by atoms with Gasteiger partial charge in [-0.15, -0.1) is 5.10 Å². The molecule has 1 rings (SSSR count). The molecule has 0 aliphatic carbocycles. The molecule has 0 spiro atoms. The predicted molar refractivity (Wildman–Crippen MR) is 51.7 cm³/mol. The van der Waals surface area contributed by atoms with Crippen molar-refractivity contribution < 1.29 is 9.90 Å². The molecule has 15 heavy (non-hydrogen) atoms. The number of rotatable bonds is 5. The van der Waals surface area contributed by atoms with E-state index in [-0.39, 0.29) is 18.5 Å². The van der Waals surface area contributed by atoms with Gasteiger partial charge in [-0.05, 0) is 30.7 Å². The van der Waals surface area contributed by atoms with Gasteiger partial charge in [0.2, 0.25) is 5.91 Å². The van der Waals surface area contributed by atoms with E-state index in [1.165, 1.54) is 11.0 Å². The first kappa shape index (κ1) is 11.6. The molecular weight excluding hydrogens is 198 g/mol. The minimum Gasteiger partial charge on any atom is -0.393 e. The molecule has 1 amide bonds. The predicted octanol–water partition coefficient (Wildman–Crippen LogP) is -1.05. The number of carbonyl (C=O) groups excluding carboxylic acids is 1. The van der Waals surface area contributed by atoms with Gasteiger partial charge in [0.25, 0.3) is 0 Å². The number of nitrogens with zero attached hydrogens (tertiary/aromatic N) is 4. The van der Waals surface area contributed by atoms with Crippen LogP contribution < -0.4 is 5.32 Å². The van der Waals surface area contributed by atoms with Crippen LogP contribution in [0.3, 0.4) is 0 Å². The maximum absolute atomic E-state index is 11.4. The molecule has 1 aromatic rings. The summed E-state index contributed by atoms with van der Waals surface area (Å²) in [5.74, 6) is -0.171. The van der Waals surface area contributed by atoms with E-state index < -0.39 is 6.10 Å². The molecule has 0 bridgehead atoms. The normalized spacial score (nSPS) is 14.6. The van der Waals surface area contributed by atoms with Crippen LogP contribution >= 0.6 is 0 Å². The lowest BCUT2D eigenvalue weighted by atomic mass is 10.1. The van der Waals surface area contributed by atoms with Gasteiger partial charge in [-0.1, -0.05) is 0 Å². The number of carbonyl (C=O) groups is 1. The Bertz CT molecular complexity index is 298. The first-order valence-corrected chi connectivity index (χ1v) is 4.76. The molecule has 1 aromatic heterocycles. The van der Waals surface area contributed by atoms with Gasteiger partial charge in [0, 0.05) is 6.04 Å². The Labute approximate surface area is 87.5 Å². The Kier molecular flexibility index (Phi) is 4.17. The topological polar surface area (TPSA) is 92.9 Å². The zero-order valence-corrected chi connectivity index (χ0v) is 8.79. The van der Waals surface area contributed by atoms with Crippen molar-refractivity contribution in [2.75, 3.05) is 0 Å². The van der Waals surface area contributed by atoms with Crippen molar-refractivity contribution in [3.05, 3.63) is 6.33 Å². The Morgan fingerprint density at radius 3 is 2.87 bits per heavy atom. The third-order valence-corrected chi connectivity index (χ3v) is 1.80. The number of hydrogen-bond acceptors (Lipinski definition) is 5. The van der Waals surface area contributed by atoms with Crippen molar-refractivity contribution in [3.63, 3.8) is 0 Å². The molecule has 0 aliphatic rings. The van der Waals surface area contributed by atoms with Gasteiger partial charge in [0.15, 0.2) is 0 Å². The first-order valence-electron chi connectivity index (χ1n) is 4.76. The van der Waals surface area contributed by atoms with Gasteiger partial charge >= 0.3 is 0 Å². The van der Waals surface area contributed by atoms with Crippen molar-refractivity contribution in [1.82, 2.24) is 25.5 Å². The van der Waals surface area contributed by atoms with E-state index in [1.54, 1.807) is 6.92 Å². The zero-order valence-electron chi connectivity index (χ0n) is 8.79. The smallest absolute Gasteiger partial charge is 0.242 e. The summed E-state index contributed by atoms with van der Waals surface area (Å²) in [6.45, 7) is 3.62. The monoisotopic (exact) mass is 213 g/mol. The lowest BCUT2D eigenvalue weighted by Crippen LogP contribution is -2.36. The number of hydrogen-bond donors (Lipinski definition) is 2.